The fourth-order valence-electron chi connectivity index (χ4n) is 2.81. The number of rotatable bonds is 8. The second-order valence-corrected chi connectivity index (χ2v) is 8.34. The van der Waals surface area contributed by atoms with Crippen molar-refractivity contribution >= 4 is 41.3 Å². The highest BCUT2D eigenvalue weighted by Gasteiger charge is 2.21. The van der Waals surface area contributed by atoms with Gasteiger partial charge in [0.05, 0.1) is 5.69 Å². The molecule has 0 aliphatic heterocycles. The van der Waals surface area contributed by atoms with Crippen LogP contribution in [0.25, 0.3) is 0 Å². The molecule has 0 radical (unpaired) electrons. The smallest absolute Gasteiger partial charge is 0.191 e. The summed E-state index contributed by atoms with van der Waals surface area (Å²) < 4.78 is 5.79. The van der Waals surface area contributed by atoms with Crippen LogP contribution < -0.4 is 15.4 Å². The molecule has 3 aromatic rings. The third-order valence-corrected chi connectivity index (χ3v) is 5.84. The summed E-state index contributed by atoms with van der Waals surface area (Å²) in [5, 5.41) is 8.92. The average Bonchev–Trinajstić information content (AvgIpc) is 3.30. The molecule has 0 unspecified atom stereocenters. The molecule has 0 saturated heterocycles. The van der Waals surface area contributed by atoms with Gasteiger partial charge in [0.25, 0.3) is 0 Å². The zero-order valence-electron chi connectivity index (χ0n) is 17.6. The minimum atomic E-state index is 0. The zero-order chi connectivity index (χ0) is 20.5. The van der Waals surface area contributed by atoms with Gasteiger partial charge in [-0.25, -0.2) is 0 Å². The SMILES string of the molecule is CN=C(NCc1ccc(OCc2ccccn2)cc1)NCC(C)(C)c1cccs1.I. The van der Waals surface area contributed by atoms with Crippen LogP contribution in [0.5, 0.6) is 5.75 Å². The summed E-state index contributed by atoms with van der Waals surface area (Å²) in [7, 11) is 1.79. The molecular weight excluding hydrogens is 507 g/mol. The van der Waals surface area contributed by atoms with Crippen molar-refractivity contribution in [3.8, 4) is 5.75 Å². The molecule has 0 saturated carbocycles. The first-order chi connectivity index (χ1) is 14.1. The Bertz CT molecular complexity index is 897. The molecule has 5 nitrogen and oxygen atoms in total. The minimum absolute atomic E-state index is 0. The molecule has 3 rings (SSSR count). The number of nitrogens with zero attached hydrogens (tertiary/aromatic N) is 2. The molecule has 0 amide bonds. The summed E-state index contributed by atoms with van der Waals surface area (Å²) in [6, 6.07) is 18.2. The average molecular weight is 536 g/mol. The van der Waals surface area contributed by atoms with Crippen LogP contribution in [0.15, 0.2) is 71.2 Å². The number of benzene rings is 1. The Morgan fingerprint density at radius 3 is 2.50 bits per heavy atom. The summed E-state index contributed by atoms with van der Waals surface area (Å²) in [5.41, 5.74) is 2.13. The molecule has 0 aliphatic carbocycles. The van der Waals surface area contributed by atoms with Crippen molar-refractivity contribution < 1.29 is 4.74 Å². The number of ether oxygens (including phenoxy) is 1. The lowest BCUT2D eigenvalue weighted by molar-refractivity contribution is 0.301. The van der Waals surface area contributed by atoms with Gasteiger partial charge in [-0.1, -0.05) is 38.1 Å². The molecule has 2 heterocycles. The number of hydrogen-bond acceptors (Lipinski definition) is 4. The molecule has 0 aliphatic rings. The van der Waals surface area contributed by atoms with Gasteiger partial charge in [-0.15, -0.1) is 35.3 Å². The van der Waals surface area contributed by atoms with Crippen LogP contribution in [0.2, 0.25) is 0 Å². The predicted octanol–water partition coefficient (Wildman–Crippen LogP) is 4.98. The van der Waals surface area contributed by atoms with Gasteiger partial charge in [-0.05, 0) is 41.3 Å². The maximum Gasteiger partial charge on any atom is 0.191 e. The molecule has 0 spiro atoms. The van der Waals surface area contributed by atoms with Crippen molar-refractivity contribution in [1.82, 2.24) is 15.6 Å². The number of thiophene rings is 1. The number of nitrogens with one attached hydrogen (secondary N) is 2. The van der Waals surface area contributed by atoms with E-state index in [2.05, 4.69) is 64.1 Å². The topological polar surface area (TPSA) is 58.5 Å². The summed E-state index contributed by atoms with van der Waals surface area (Å²) in [5.74, 6) is 1.63. The Labute approximate surface area is 200 Å². The fraction of sp³-hybridized carbons (Fsp3) is 0.304. The third kappa shape index (κ3) is 7.28. The highest BCUT2D eigenvalue weighted by atomic mass is 127. The fourth-order valence-corrected chi connectivity index (χ4v) is 3.66. The molecule has 1 aromatic carbocycles. The van der Waals surface area contributed by atoms with Gasteiger partial charge in [0, 0.05) is 36.6 Å². The Hall–Kier alpha value is -2.13. The molecule has 30 heavy (non-hydrogen) atoms. The van der Waals surface area contributed by atoms with Crippen molar-refractivity contribution in [3.63, 3.8) is 0 Å². The molecular formula is C23H29IN4OS. The van der Waals surface area contributed by atoms with Crippen molar-refractivity contribution in [1.29, 1.82) is 0 Å². The molecule has 160 valence electrons. The number of guanidine groups is 1. The van der Waals surface area contributed by atoms with Crippen LogP contribution in [0.1, 0.15) is 30.0 Å². The van der Waals surface area contributed by atoms with E-state index in [1.807, 2.05) is 30.3 Å². The van der Waals surface area contributed by atoms with Crippen LogP contribution in [0, 0.1) is 0 Å². The summed E-state index contributed by atoms with van der Waals surface area (Å²) in [6.07, 6.45) is 1.77. The van der Waals surface area contributed by atoms with Gasteiger partial charge >= 0.3 is 0 Å². The number of aromatic nitrogens is 1. The summed E-state index contributed by atoms with van der Waals surface area (Å²) in [4.78, 5) is 9.96. The maximum atomic E-state index is 5.79. The van der Waals surface area contributed by atoms with Crippen molar-refractivity contribution in [2.45, 2.75) is 32.4 Å². The van der Waals surface area contributed by atoms with Gasteiger partial charge in [-0.2, -0.15) is 0 Å². The van der Waals surface area contributed by atoms with E-state index in [1.165, 1.54) is 4.88 Å². The first kappa shape index (κ1) is 24.1. The first-order valence-corrected chi connectivity index (χ1v) is 10.5. The van der Waals surface area contributed by atoms with Gasteiger partial charge in [0.2, 0.25) is 0 Å². The maximum absolute atomic E-state index is 5.79. The van der Waals surface area contributed by atoms with Crippen LogP contribution in [-0.4, -0.2) is 24.5 Å². The van der Waals surface area contributed by atoms with Crippen LogP contribution in [-0.2, 0) is 18.6 Å². The van der Waals surface area contributed by atoms with E-state index in [9.17, 15) is 0 Å². The second-order valence-electron chi connectivity index (χ2n) is 7.39. The quantitative estimate of drug-likeness (QED) is 0.242. The minimum Gasteiger partial charge on any atom is -0.487 e. The van der Waals surface area contributed by atoms with E-state index < -0.39 is 0 Å². The highest BCUT2D eigenvalue weighted by Crippen LogP contribution is 2.26. The Balaban J connectivity index is 0.00000320. The zero-order valence-corrected chi connectivity index (χ0v) is 20.7. The Kier molecular flexibility index (Phi) is 9.58. The van der Waals surface area contributed by atoms with E-state index >= 15 is 0 Å². The molecule has 7 heteroatoms. The second kappa shape index (κ2) is 11.9. The summed E-state index contributed by atoms with van der Waals surface area (Å²) in [6.45, 7) is 6.45. The lowest BCUT2D eigenvalue weighted by Gasteiger charge is -2.25. The van der Waals surface area contributed by atoms with Crippen LogP contribution >= 0.6 is 35.3 Å². The van der Waals surface area contributed by atoms with E-state index in [4.69, 9.17) is 4.74 Å². The van der Waals surface area contributed by atoms with Gasteiger partial charge in [0.1, 0.15) is 12.4 Å². The molecule has 0 atom stereocenters. The van der Waals surface area contributed by atoms with E-state index in [-0.39, 0.29) is 29.4 Å². The largest absolute Gasteiger partial charge is 0.487 e. The van der Waals surface area contributed by atoms with Crippen LogP contribution in [0.4, 0.5) is 0 Å². The highest BCUT2D eigenvalue weighted by molar-refractivity contribution is 14.0. The first-order valence-electron chi connectivity index (χ1n) is 9.67. The van der Waals surface area contributed by atoms with Gasteiger partial charge in [0.15, 0.2) is 5.96 Å². The molecule has 0 fully saturated rings. The number of halogens is 1. The number of hydrogen-bond donors (Lipinski definition) is 2. The monoisotopic (exact) mass is 536 g/mol. The van der Waals surface area contributed by atoms with E-state index in [1.54, 1.807) is 24.6 Å². The Morgan fingerprint density at radius 2 is 1.87 bits per heavy atom. The lowest BCUT2D eigenvalue weighted by Crippen LogP contribution is -2.42. The standard InChI is InChI=1S/C23H28N4OS.HI/c1-23(2,21-8-6-14-29-21)17-27-22(24-3)26-15-18-9-11-20(12-10-18)28-16-19-7-4-5-13-25-19;/h4-14H,15-17H2,1-3H3,(H2,24,26,27);1H. The molecule has 2 N–H and O–H groups in total. The normalized spacial score (nSPS) is 11.5. The third-order valence-electron chi connectivity index (χ3n) is 4.61. The van der Waals surface area contributed by atoms with Crippen molar-refractivity contribution in [2.75, 3.05) is 13.6 Å². The lowest BCUT2D eigenvalue weighted by atomic mass is 9.91. The van der Waals surface area contributed by atoms with Gasteiger partial charge in [-0.3, -0.25) is 9.98 Å². The van der Waals surface area contributed by atoms with Crippen LogP contribution in [0.3, 0.4) is 0 Å². The van der Waals surface area contributed by atoms with E-state index in [0.29, 0.717) is 13.2 Å². The van der Waals surface area contributed by atoms with Crippen molar-refractivity contribution in [2.24, 2.45) is 4.99 Å². The molecule has 0 bridgehead atoms. The molecule has 2 aromatic heterocycles. The van der Waals surface area contributed by atoms with Crippen molar-refractivity contribution in [3.05, 3.63) is 82.3 Å². The predicted molar refractivity (Wildman–Crippen MR) is 136 cm³/mol. The van der Waals surface area contributed by atoms with E-state index in [0.717, 1.165) is 29.5 Å². The summed E-state index contributed by atoms with van der Waals surface area (Å²) >= 11 is 1.79. The van der Waals surface area contributed by atoms with Gasteiger partial charge < -0.3 is 15.4 Å². The Morgan fingerprint density at radius 1 is 1.07 bits per heavy atom. The number of aliphatic imine (C=N–C) groups is 1. The number of pyridine rings is 1.